The summed E-state index contributed by atoms with van der Waals surface area (Å²) in [4.78, 5) is 2.62. The Morgan fingerprint density at radius 1 is 1.35 bits per heavy atom. The molecule has 17 heavy (non-hydrogen) atoms. The molecule has 0 spiro atoms. The normalized spacial score (nSPS) is 42.8. The van der Waals surface area contributed by atoms with Crippen molar-refractivity contribution in [1.82, 2.24) is 10.2 Å². The van der Waals surface area contributed by atoms with Crippen LogP contribution in [-0.4, -0.2) is 36.1 Å². The number of rotatable bonds is 3. The predicted molar refractivity (Wildman–Crippen MR) is 69.6 cm³/mol. The van der Waals surface area contributed by atoms with Gasteiger partial charge in [0.1, 0.15) is 5.54 Å². The Kier molecular flexibility index (Phi) is 3.75. The smallest absolute Gasteiger partial charge is 0.108 e. The fourth-order valence-corrected chi connectivity index (χ4v) is 3.44. The SMILES string of the molecule is CCNC1(C#N)CCC(N2CC(C)C(C)C2)C1. The van der Waals surface area contributed by atoms with E-state index in [0.717, 1.165) is 31.2 Å². The van der Waals surface area contributed by atoms with Crippen LogP contribution in [0.4, 0.5) is 0 Å². The third-order valence-electron chi connectivity index (χ3n) is 4.75. The van der Waals surface area contributed by atoms with E-state index in [1.54, 1.807) is 0 Å². The van der Waals surface area contributed by atoms with Crippen molar-refractivity contribution >= 4 is 0 Å². The van der Waals surface area contributed by atoms with Gasteiger partial charge in [-0.3, -0.25) is 10.2 Å². The largest absolute Gasteiger partial charge is 0.300 e. The molecule has 1 N–H and O–H groups in total. The van der Waals surface area contributed by atoms with Crippen LogP contribution >= 0.6 is 0 Å². The number of nitrogens with zero attached hydrogens (tertiary/aromatic N) is 2. The monoisotopic (exact) mass is 235 g/mol. The quantitative estimate of drug-likeness (QED) is 0.813. The van der Waals surface area contributed by atoms with Crippen molar-refractivity contribution in [2.24, 2.45) is 11.8 Å². The molecule has 1 saturated heterocycles. The zero-order chi connectivity index (χ0) is 12.5. The molecule has 0 amide bonds. The fourth-order valence-electron chi connectivity index (χ4n) is 3.44. The van der Waals surface area contributed by atoms with E-state index < -0.39 is 0 Å². The minimum Gasteiger partial charge on any atom is -0.300 e. The number of nitriles is 1. The van der Waals surface area contributed by atoms with Crippen LogP contribution in [0.15, 0.2) is 0 Å². The van der Waals surface area contributed by atoms with Crippen molar-refractivity contribution in [1.29, 1.82) is 5.26 Å². The lowest BCUT2D eigenvalue weighted by Crippen LogP contribution is -2.43. The molecular weight excluding hydrogens is 210 g/mol. The van der Waals surface area contributed by atoms with Crippen molar-refractivity contribution in [2.45, 2.75) is 51.6 Å². The summed E-state index contributed by atoms with van der Waals surface area (Å²) in [5, 5.41) is 12.8. The highest BCUT2D eigenvalue weighted by Gasteiger charge is 2.43. The third kappa shape index (κ3) is 2.48. The Labute approximate surface area is 105 Å². The second-order valence-corrected chi connectivity index (χ2v) is 6.03. The molecule has 3 nitrogen and oxygen atoms in total. The summed E-state index contributed by atoms with van der Waals surface area (Å²) in [5.41, 5.74) is -0.242. The van der Waals surface area contributed by atoms with E-state index in [1.165, 1.54) is 19.5 Å². The van der Waals surface area contributed by atoms with E-state index in [2.05, 4.69) is 37.1 Å². The minimum atomic E-state index is -0.242. The molecule has 1 aliphatic carbocycles. The summed E-state index contributed by atoms with van der Waals surface area (Å²) in [6.07, 6.45) is 3.21. The topological polar surface area (TPSA) is 39.1 Å². The lowest BCUT2D eigenvalue weighted by atomic mass is 9.99. The first kappa shape index (κ1) is 12.9. The van der Waals surface area contributed by atoms with Crippen LogP contribution in [-0.2, 0) is 0 Å². The molecule has 1 saturated carbocycles. The Morgan fingerprint density at radius 3 is 2.53 bits per heavy atom. The average molecular weight is 235 g/mol. The summed E-state index contributed by atoms with van der Waals surface area (Å²) in [6, 6.07) is 3.14. The van der Waals surface area contributed by atoms with Gasteiger partial charge in [0.2, 0.25) is 0 Å². The Bertz CT molecular complexity index is 299. The summed E-state index contributed by atoms with van der Waals surface area (Å²) >= 11 is 0. The highest BCUT2D eigenvalue weighted by molar-refractivity contribution is 5.13. The van der Waals surface area contributed by atoms with Gasteiger partial charge in [-0.15, -0.1) is 0 Å². The first-order valence-electron chi connectivity index (χ1n) is 7.00. The number of likely N-dealkylation sites (tertiary alicyclic amines) is 1. The van der Waals surface area contributed by atoms with Crippen molar-refractivity contribution < 1.29 is 0 Å². The van der Waals surface area contributed by atoms with Gasteiger partial charge in [-0.2, -0.15) is 5.26 Å². The van der Waals surface area contributed by atoms with Crippen molar-refractivity contribution in [3.63, 3.8) is 0 Å². The number of hydrogen-bond acceptors (Lipinski definition) is 3. The van der Waals surface area contributed by atoms with Crippen LogP contribution in [0, 0.1) is 23.2 Å². The van der Waals surface area contributed by atoms with Crippen molar-refractivity contribution in [3.05, 3.63) is 0 Å². The van der Waals surface area contributed by atoms with E-state index >= 15 is 0 Å². The van der Waals surface area contributed by atoms with Crippen LogP contribution in [0.2, 0.25) is 0 Å². The van der Waals surface area contributed by atoms with Crippen LogP contribution < -0.4 is 5.32 Å². The molecule has 4 unspecified atom stereocenters. The molecule has 0 aromatic heterocycles. The second kappa shape index (κ2) is 4.96. The zero-order valence-corrected chi connectivity index (χ0v) is 11.4. The molecular formula is C14H25N3. The Balaban J connectivity index is 1.96. The molecule has 2 rings (SSSR count). The summed E-state index contributed by atoms with van der Waals surface area (Å²) in [6.45, 7) is 10.1. The van der Waals surface area contributed by atoms with E-state index in [-0.39, 0.29) is 5.54 Å². The number of nitrogens with one attached hydrogen (secondary N) is 1. The molecule has 1 aliphatic heterocycles. The molecule has 0 radical (unpaired) electrons. The maximum atomic E-state index is 9.38. The maximum Gasteiger partial charge on any atom is 0.108 e. The van der Waals surface area contributed by atoms with Gasteiger partial charge in [-0.1, -0.05) is 20.8 Å². The molecule has 0 aromatic carbocycles. The first-order valence-corrected chi connectivity index (χ1v) is 7.00. The van der Waals surface area contributed by atoms with Crippen LogP contribution in [0.3, 0.4) is 0 Å². The van der Waals surface area contributed by atoms with Crippen molar-refractivity contribution in [3.8, 4) is 6.07 Å². The molecule has 3 heteroatoms. The van der Waals surface area contributed by atoms with Gasteiger partial charge in [-0.25, -0.2) is 0 Å². The van der Waals surface area contributed by atoms with E-state index in [0.29, 0.717) is 6.04 Å². The molecule has 96 valence electrons. The van der Waals surface area contributed by atoms with Gasteiger partial charge < -0.3 is 0 Å². The highest BCUT2D eigenvalue weighted by Crippen LogP contribution is 2.36. The fraction of sp³-hybridized carbons (Fsp3) is 0.929. The zero-order valence-electron chi connectivity index (χ0n) is 11.4. The first-order chi connectivity index (χ1) is 8.10. The maximum absolute atomic E-state index is 9.38. The third-order valence-corrected chi connectivity index (χ3v) is 4.75. The van der Waals surface area contributed by atoms with Gasteiger partial charge >= 0.3 is 0 Å². The molecule has 0 aromatic rings. The average Bonchev–Trinajstić information content (AvgIpc) is 2.86. The highest BCUT2D eigenvalue weighted by atomic mass is 15.2. The van der Waals surface area contributed by atoms with Gasteiger partial charge in [0.25, 0.3) is 0 Å². The van der Waals surface area contributed by atoms with Gasteiger partial charge in [0, 0.05) is 19.1 Å². The lowest BCUT2D eigenvalue weighted by molar-refractivity contribution is 0.227. The summed E-state index contributed by atoms with van der Waals surface area (Å²) in [7, 11) is 0. The molecule has 0 bridgehead atoms. The molecule has 2 aliphatic rings. The lowest BCUT2D eigenvalue weighted by Gasteiger charge is -2.26. The molecule has 2 fully saturated rings. The summed E-state index contributed by atoms with van der Waals surface area (Å²) in [5.74, 6) is 1.62. The summed E-state index contributed by atoms with van der Waals surface area (Å²) < 4.78 is 0. The van der Waals surface area contributed by atoms with Gasteiger partial charge in [-0.05, 0) is 37.6 Å². The molecule has 4 atom stereocenters. The van der Waals surface area contributed by atoms with Crippen LogP contribution in [0.1, 0.15) is 40.0 Å². The predicted octanol–water partition coefficient (Wildman–Crippen LogP) is 2.00. The number of hydrogen-bond donors (Lipinski definition) is 1. The van der Waals surface area contributed by atoms with Crippen LogP contribution in [0.5, 0.6) is 0 Å². The van der Waals surface area contributed by atoms with E-state index in [9.17, 15) is 5.26 Å². The van der Waals surface area contributed by atoms with Crippen molar-refractivity contribution in [2.75, 3.05) is 19.6 Å². The van der Waals surface area contributed by atoms with Gasteiger partial charge in [0.15, 0.2) is 0 Å². The minimum absolute atomic E-state index is 0.242. The standard InChI is InChI=1S/C14H25N3/c1-4-16-14(10-15)6-5-13(7-14)17-8-11(2)12(3)9-17/h11-13,16H,4-9H2,1-3H3. The second-order valence-electron chi connectivity index (χ2n) is 6.03. The van der Waals surface area contributed by atoms with E-state index in [1.807, 2.05) is 0 Å². The van der Waals surface area contributed by atoms with Crippen LogP contribution in [0.25, 0.3) is 0 Å². The molecule has 1 heterocycles. The Morgan fingerprint density at radius 2 is 2.00 bits per heavy atom. The van der Waals surface area contributed by atoms with E-state index in [4.69, 9.17) is 0 Å². The van der Waals surface area contributed by atoms with Gasteiger partial charge in [0.05, 0.1) is 6.07 Å². The Hall–Kier alpha value is -0.590.